The summed E-state index contributed by atoms with van der Waals surface area (Å²) in [6.45, 7) is 3.53. The van der Waals surface area contributed by atoms with Gasteiger partial charge in [-0.1, -0.05) is 30.0 Å². The lowest BCUT2D eigenvalue weighted by molar-refractivity contribution is 0.144. The lowest BCUT2D eigenvalue weighted by Gasteiger charge is -2.36. The van der Waals surface area contributed by atoms with E-state index >= 15 is 0 Å². The molecule has 0 unspecified atom stereocenters. The van der Waals surface area contributed by atoms with Crippen LogP contribution < -0.4 is 0 Å². The molecule has 17 heavy (non-hydrogen) atoms. The maximum Gasteiger partial charge on any atom is 0.138 e. The van der Waals surface area contributed by atoms with Gasteiger partial charge in [-0.3, -0.25) is 4.90 Å². The average molecular weight is 288 g/mol. The molecule has 0 amide bonds. The van der Waals surface area contributed by atoms with E-state index in [0.29, 0.717) is 0 Å². The van der Waals surface area contributed by atoms with E-state index in [-0.39, 0.29) is 0 Å². The second-order valence-electron chi connectivity index (χ2n) is 3.85. The molecule has 1 aromatic heterocycles. The van der Waals surface area contributed by atoms with Crippen LogP contribution in [0.3, 0.4) is 0 Å². The minimum atomic E-state index is 0.730. The monoisotopic (exact) mass is 288 g/mol. The van der Waals surface area contributed by atoms with E-state index < -0.39 is 0 Å². The van der Waals surface area contributed by atoms with Gasteiger partial charge in [0.2, 0.25) is 0 Å². The molecule has 0 bridgehead atoms. The summed E-state index contributed by atoms with van der Waals surface area (Å²) in [5.41, 5.74) is 0. The van der Waals surface area contributed by atoms with Crippen LogP contribution in [0.5, 0.6) is 0 Å². The predicted octanol–water partition coefficient (Wildman–Crippen LogP) is 2.45. The van der Waals surface area contributed by atoms with Gasteiger partial charge in [-0.15, -0.1) is 11.3 Å². The van der Waals surface area contributed by atoms with Gasteiger partial charge in [0.15, 0.2) is 0 Å². The number of ether oxygens (including phenoxy) is 1. The molecule has 0 N–H and O–H groups in total. The van der Waals surface area contributed by atoms with Crippen LogP contribution in [-0.2, 0) is 11.3 Å². The van der Waals surface area contributed by atoms with Gasteiger partial charge in [0.25, 0.3) is 0 Å². The van der Waals surface area contributed by atoms with Crippen molar-refractivity contribution in [3.8, 4) is 0 Å². The minimum Gasteiger partial charge on any atom is -0.383 e. The SMILES string of the molecule is COCCN1CN(Cc2cccs2)CSC1=S. The molecule has 2 rings (SSSR count). The lowest BCUT2D eigenvalue weighted by atomic mass is 10.4. The van der Waals surface area contributed by atoms with Gasteiger partial charge in [0.1, 0.15) is 4.32 Å². The van der Waals surface area contributed by atoms with Crippen molar-refractivity contribution in [3.05, 3.63) is 22.4 Å². The van der Waals surface area contributed by atoms with Crippen molar-refractivity contribution in [2.45, 2.75) is 6.54 Å². The third-order valence-electron chi connectivity index (χ3n) is 2.52. The molecule has 94 valence electrons. The maximum absolute atomic E-state index is 5.35. The highest BCUT2D eigenvalue weighted by molar-refractivity contribution is 8.22. The summed E-state index contributed by atoms with van der Waals surface area (Å²) in [6.07, 6.45) is 0. The van der Waals surface area contributed by atoms with Crippen molar-refractivity contribution in [1.29, 1.82) is 0 Å². The predicted molar refractivity (Wildman–Crippen MR) is 78.4 cm³/mol. The molecule has 1 saturated heterocycles. The van der Waals surface area contributed by atoms with Crippen LogP contribution in [-0.4, -0.2) is 46.9 Å². The van der Waals surface area contributed by atoms with Crippen LogP contribution in [0, 0.1) is 0 Å². The third kappa shape index (κ3) is 3.93. The number of nitrogens with zero attached hydrogens (tertiary/aromatic N) is 2. The Morgan fingerprint density at radius 1 is 1.53 bits per heavy atom. The molecule has 0 radical (unpaired) electrons. The summed E-state index contributed by atoms with van der Waals surface area (Å²) in [4.78, 5) is 6.02. The molecule has 6 heteroatoms. The van der Waals surface area contributed by atoms with E-state index in [4.69, 9.17) is 17.0 Å². The topological polar surface area (TPSA) is 15.7 Å². The first-order chi connectivity index (χ1) is 8.29. The normalized spacial score (nSPS) is 17.7. The maximum atomic E-state index is 5.35. The second kappa shape index (κ2) is 6.70. The largest absolute Gasteiger partial charge is 0.383 e. The quantitative estimate of drug-likeness (QED) is 0.771. The molecule has 1 aliphatic rings. The molecule has 1 aromatic rings. The number of thiophene rings is 1. The molecule has 0 spiro atoms. The van der Waals surface area contributed by atoms with Gasteiger partial charge in [0.05, 0.1) is 19.2 Å². The van der Waals surface area contributed by atoms with Crippen molar-refractivity contribution in [3.63, 3.8) is 0 Å². The van der Waals surface area contributed by atoms with E-state index in [1.54, 1.807) is 18.9 Å². The molecule has 1 aliphatic heterocycles. The molecular weight excluding hydrogens is 272 g/mol. The Labute approximate surface area is 116 Å². The molecular formula is C11H16N2OS3. The highest BCUT2D eigenvalue weighted by Gasteiger charge is 2.21. The van der Waals surface area contributed by atoms with E-state index in [9.17, 15) is 0 Å². The fourth-order valence-corrected chi connectivity index (χ4v) is 3.51. The van der Waals surface area contributed by atoms with E-state index in [1.165, 1.54) is 4.88 Å². The van der Waals surface area contributed by atoms with E-state index in [2.05, 4.69) is 27.3 Å². The molecule has 2 heterocycles. The van der Waals surface area contributed by atoms with Crippen LogP contribution in [0.15, 0.2) is 17.5 Å². The Morgan fingerprint density at radius 3 is 3.12 bits per heavy atom. The van der Waals surface area contributed by atoms with Gasteiger partial charge < -0.3 is 9.64 Å². The van der Waals surface area contributed by atoms with Gasteiger partial charge in [0, 0.05) is 25.1 Å². The Bertz CT molecular complexity index is 356. The lowest BCUT2D eigenvalue weighted by Crippen LogP contribution is -2.45. The van der Waals surface area contributed by atoms with Crippen LogP contribution in [0.25, 0.3) is 0 Å². The molecule has 0 aliphatic carbocycles. The fraction of sp³-hybridized carbons (Fsp3) is 0.545. The van der Waals surface area contributed by atoms with Gasteiger partial charge in [-0.2, -0.15) is 0 Å². The zero-order chi connectivity index (χ0) is 12.1. The Hall–Kier alpha value is -0.140. The molecule has 0 saturated carbocycles. The minimum absolute atomic E-state index is 0.730. The highest BCUT2D eigenvalue weighted by Crippen LogP contribution is 2.21. The van der Waals surface area contributed by atoms with E-state index in [0.717, 1.165) is 36.6 Å². The summed E-state index contributed by atoms with van der Waals surface area (Å²) >= 11 is 8.90. The number of methoxy groups -OCH3 is 1. The zero-order valence-corrected chi connectivity index (χ0v) is 12.2. The molecule has 0 aromatic carbocycles. The fourth-order valence-electron chi connectivity index (χ4n) is 1.66. The Morgan fingerprint density at radius 2 is 2.41 bits per heavy atom. The van der Waals surface area contributed by atoms with E-state index in [1.807, 2.05) is 11.3 Å². The highest BCUT2D eigenvalue weighted by atomic mass is 32.2. The summed E-state index contributed by atoms with van der Waals surface area (Å²) in [5, 5.41) is 2.12. The number of thioether (sulfide) groups is 1. The standard InChI is InChI=1S/C11H16N2OS3/c1-14-5-4-13-8-12(9-17-11(13)15)7-10-3-2-6-16-10/h2-3,6H,4-5,7-9H2,1H3. The average Bonchev–Trinajstić information content (AvgIpc) is 2.82. The van der Waals surface area contributed by atoms with Crippen LogP contribution in [0.1, 0.15) is 4.88 Å². The van der Waals surface area contributed by atoms with Crippen LogP contribution in [0.4, 0.5) is 0 Å². The molecule has 3 nitrogen and oxygen atoms in total. The number of rotatable bonds is 5. The van der Waals surface area contributed by atoms with Crippen molar-refractivity contribution in [2.75, 3.05) is 32.8 Å². The molecule has 1 fully saturated rings. The smallest absolute Gasteiger partial charge is 0.138 e. The second-order valence-corrected chi connectivity index (χ2v) is 6.46. The number of hydrogen-bond donors (Lipinski definition) is 0. The van der Waals surface area contributed by atoms with Crippen LogP contribution in [0.2, 0.25) is 0 Å². The number of thiocarbonyl (C=S) groups is 1. The summed E-state index contributed by atoms with van der Waals surface area (Å²) < 4.78 is 6.10. The first kappa shape index (κ1) is 13.3. The Kier molecular flexibility index (Phi) is 5.24. The van der Waals surface area contributed by atoms with Crippen LogP contribution >= 0.6 is 35.3 Å². The first-order valence-corrected chi connectivity index (χ1v) is 7.72. The van der Waals surface area contributed by atoms with Crippen molar-refractivity contribution < 1.29 is 4.74 Å². The summed E-state index contributed by atoms with van der Waals surface area (Å²) in [7, 11) is 1.73. The Balaban J connectivity index is 1.86. The van der Waals surface area contributed by atoms with Crippen molar-refractivity contribution in [1.82, 2.24) is 9.80 Å². The molecule has 0 atom stereocenters. The van der Waals surface area contributed by atoms with Crippen molar-refractivity contribution >= 4 is 39.6 Å². The first-order valence-electron chi connectivity index (χ1n) is 5.45. The number of hydrogen-bond acceptors (Lipinski definition) is 5. The van der Waals surface area contributed by atoms with Gasteiger partial charge >= 0.3 is 0 Å². The van der Waals surface area contributed by atoms with Crippen molar-refractivity contribution in [2.24, 2.45) is 0 Å². The summed E-state index contributed by atoms with van der Waals surface area (Å²) in [5.74, 6) is 0.986. The zero-order valence-electron chi connectivity index (χ0n) is 9.80. The third-order valence-corrected chi connectivity index (χ3v) is 5.00. The van der Waals surface area contributed by atoms with Gasteiger partial charge in [-0.25, -0.2) is 0 Å². The summed E-state index contributed by atoms with van der Waals surface area (Å²) in [6, 6.07) is 4.28. The van der Waals surface area contributed by atoms with Gasteiger partial charge in [-0.05, 0) is 11.4 Å².